The summed E-state index contributed by atoms with van der Waals surface area (Å²) in [6.45, 7) is 0.0930. The first-order valence-electron chi connectivity index (χ1n) is 12.8. The van der Waals surface area contributed by atoms with Crippen molar-refractivity contribution in [2.24, 2.45) is 5.73 Å². The van der Waals surface area contributed by atoms with Crippen LogP contribution in [0.5, 0.6) is 0 Å². The Labute approximate surface area is 234 Å². The highest BCUT2D eigenvalue weighted by molar-refractivity contribution is 8.00. The van der Waals surface area contributed by atoms with Crippen molar-refractivity contribution >= 4 is 29.0 Å². The molecule has 3 fully saturated rings. The minimum atomic E-state index is -4.51. The van der Waals surface area contributed by atoms with Gasteiger partial charge in [-0.15, -0.1) is 0 Å². The van der Waals surface area contributed by atoms with Crippen LogP contribution in [0.25, 0.3) is 5.52 Å². The molecular weight excluding hydrogens is 541 g/mol. The van der Waals surface area contributed by atoms with Crippen molar-refractivity contribution < 1.29 is 22.7 Å². The zero-order chi connectivity index (χ0) is 28.5. The van der Waals surface area contributed by atoms with Gasteiger partial charge in [-0.3, -0.25) is 4.79 Å². The van der Waals surface area contributed by atoms with Crippen molar-refractivity contribution in [1.82, 2.24) is 20.2 Å². The molecule has 0 atom stereocenters. The van der Waals surface area contributed by atoms with Crippen molar-refractivity contribution in [1.29, 1.82) is 0 Å². The predicted molar refractivity (Wildman–Crippen MR) is 147 cm³/mol. The molecule has 210 valence electrons. The predicted octanol–water partition coefficient (Wildman–Crippen LogP) is 3.97. The Morgan fingerprint density at radius 1 is 1.30 bits per heavy atom. The van der Waals surface area contributed by atoms with E-state index in [4.69, 9.17) is 10.5 Å². The van der Waals surface area contributed by atoms with E-state index in [0.29, 0.717) is 28.4 Å². The molecule has 2 aromatic rings. The number of hydrogen-bond acceptors (Lipinski definition) is 7. The van der Waals surface area contributed by atoms with Crippen molar-refractivity contribution in [3.8, 4) is 11.8 Å². The van der Waals surface area contributed by atoms with Gasteiger partial charge in [0.1, 0.15) is 11.5 Å². The highest BCUT2D eigenvalue weighted by atomic mass is 32.2. The standard InChI is InChI=1S/C28H29F3N6O2S/c1-33-25(38)18-9-10-19(15-20(14-18)39-2)34-13-4-6-21-24(40-28(29,30)31)22-7-3-8-23(37(22)36-21)35-27-12-5-11-26(32,16-27)17-27/h3,7-10,14,34-35H,5,11-13,16-17,32H2,1-2H3,(H,33,38). The number of halogens is 3. The summed E-state index contributed by atoms with van der Waals surface area (Å²) in [6, 6.07) is 5.14. The molecule has 1 amide bonds. The molecule has 0 aliphatic heterocycles. The average Bonchev–Trinajstić information content (AvgIpc) is 3.09. The summed E-state index contributed by atoms with van der Waals surface area (Å²) in [4.78, 5) is 11.9. The number of ether oxygens (including phenoxy) is 1. The van der Waals surface area contributed by atoms with E-state index in [-0.39, 0.29) is 45.9 Å². The minimum Gasteiger partial charge on any atom is -0.489 e. The molecule has 6 rings (SSSR count). The zero-order valence-corrected chi connectivity index (χ0v) is 22.9. The summed E-state index contributed by atoms with van der Waals surface area (Å²) in [5, 5.41) is 13.6. The Hall–Kier alpha value is -3.78. The third-order valence-corrected chi connectivity index (χ3v) is 8.03. The number of carbonyl (C=O) groups is 1. The number of aromatic nitrogens is 2. The van der Waals surface area contributed by atoms with E-state index < -0.39 is 5.51 Å². The fraction of sp³-hybridized carbons (Fsp3) is 0.393. The van der Waals surface area contributed by atoms with Crippen LogP contribution in [-0.2, 0) is 9.53 Å². The molecule has 40 heavy (non-hydrogen) atoms. The second-order valence-corrected chi connectivity index (χ2v) is 11.3. The van der Waals surface area contributed by atoms with Crippen LogP contribution in [0.1, 0.15) is 37.8 Å². The molecule has 0 saturated heterocycles. The van der Waals surface area contributed by atoms with Crippen LogP contribution in [0, 0.1) is 11.8 Å². The van der Waals surface area contributed by atoms with Crippen molar-refractivity contribution in [2.75, 3.05) is 26.0 Å². The Bertz CT molecular complexity index is 1530. The molecule has 0 unspecified atom stereocenters. The van der Waals surface area contributed by atoms with E-state index in [9.17, 15) is 18.0 Å². The number of amides is 1. The monoisotopic (exact) mass is 570 g/mol. The number of anilines is 1. The number of nitrogens with zero attached hydrogens (tertiary/aromatic N) is 2. The molecule has 8 nitrogen and oxygen atoms in total. The highest BCUT2D eigenvalue weighted by Gasteiger charge is 2.55. The Morgan fingerprint density at radius 2 is 2.10 bits per heavy atom. The molecule has 2 heterocycles. The van der Waals surface area contributed by atoms with E-state index >= 15 is 0 Å². The zero-order valence-electron chi connectivity index (χ0n) is 22.0. The molecule has 12 heteroatoms. The quantitative estimate of drug-likeness (QED) is 0.227. The number of nitrogens with one attached hydrogen (secondary N) is 3. The molecule has 5 N–H and O–H groups in total. The lowest BCUT2D eigenvalue weighted by molar-refractivity contribution is -0.116. The van der Waals surface area contributed by atoms with Crippen LogP contribution in [-0.4, -0.2) is 52.8 Å². The van der Waals surface area contributed by atoms with Crippen molar-refractivity contribution in [2.45, 2.75) is 53.6 Å². The molecule has 4 aliphatic carbocycles. The second-order valence-electron chi connectivity index (χ2n) is 10.2. The number of allylic oxidation sites excluding steroid dienone is 1. The van der Waals surface area contributed by atoms with Crippen LogP contribution >= 0.6 is 11.8 Å². The molecular formula is C28H29F3N6O2S. The van der Waals surface area contributed by atoms with E-state index in [1.807, 2.05) is 6.07 Å². The molecule has 2 aromatic heterocycles. The highest BCUT2D eigenvalue weighted by Crippen LogP contribution is 2.52. The van der Waals surface area contributed by atoms with Crippen LogP contribution in [0.2, 0.25) is 0 Å². The summed E-state index contributed by atoms with van der Waals surface area (Å²) in [7, 11) is 2.98. The number of rotatable bonds is 7. The number of hydrogen-bond donors (Lipinski definition) is 4. The fourth-order valence-corrected chi connectivity index (χ4v) is 6.31. The van der Waals surface area contributed by atoms with E-state index in [0.717, 1.165) is 32.1 Å². The maximum Gasteiger partial charge on any atom is 0.446 e. The van der Waals surface area contributed by atoms with Gasteiger partial charge >= 0.3 is 5.51 Å². The van der Waals surface area contributed by atoms with Gasteiger partial charge in [0.05, 0.1) is 29.8 Å². The largest absolute Gasteiger partial charge is 0.489 e. The van der Waals surface area contributed by atoms with Crippen LogP contribution in [0.4, 0.5) is 19.0 Å². The third-order valence-electron chi connectivity index (χ3n) is 7.19. The van der Waals surface area contributed by atoms with Gasteiger partial charge in [0.25, 0.3) is 5.91 Å². The lowest BCUT2D eigenvalue weighted by Gasteiger charge is -2.59. The van der Waals surface area contributed by atoms with Gasteiger partial charge in [-0.25, -0.2) is 4.52 Å². The fourth-order valence-electron chi connectivity index (χ4n) is 5.63. The third kappa shape index (κ3) is 5.87. The molecule has 3 saturated carbocycles. The van der Waals surface area contributed by atoms with Gasteiger partial charge in [-0.05, 0) is 79.8 Å². The van der Waals surface area contributed by atoms with Crippen LogP contribution in [0.15, 0.2) is 64.1 Å². The number of methoxy groups -OCH3 is 1. The van der Waals surface area contributed by atoms with Crippen LogP contribution < -0.4 is 21.7 Å². The van der Waals surface area contributed by atoms with E-state index in [1.165, 1.54) is 18.7 Å². The van der Waals surface area contributed by atoms with Gasteiger partial charge in [0.2, 0.25) is 0 Å². The lowest BCUT2D eigenvalue weighted by Crippen LogP contribution is -2.68. The lowest BCUT2D eigenvalue weighted by atomic mass is 9.55. The average molecular weight is 571 g/mol. The summed E-state index contributed by atoms with van der Waals surface area (Å²) in [5.41, 5.74) is 5.80. The molecule has 0 radical (unpaired) electrons. The number of nitrogens with two attached hydrogens (primary N) is 1. The number of likely N-dealkylation sites (N-methyl/N-ethyl adjacent to an activating group) is 1. The Morgan fingerprint density at radius 3 is 2.80 bits per heavy atom. The topological polar surface area (TPSA) is 106 Å². The van der Waals surface area contributed by atoms with Gasteiger partial charge in [0, 0.05) is 29.8 Å². The smallest absolute Gasteiger partial charge is 0.446 e. The molecule has 0 spiro atoms. The van der Waals surface area contributed by atoms with E-state index in [2.05, 4.69) is 38.6 Å². The normalized spacial score (nSPS) is 23.5. The summed E-state index contributed by atoms with van der Waals surface area (Å²) in [5.74, 6) is 6.32. The Kier molecular flexibility index (Phi) is 7.40. The number of carbonyl (C=O) groups excluding carboxylic acids is 1. The second kappa shape index (κ2) is 10.7. The molecule has 2 bridgehead atoms. The van der Waals surface area contributed by atoms with Crippen LogP contribution in [0.3, 0.4) is 0 Å². The van der Waals surface area contributed by atoms with Gasteiger partial charge in [0.15, 0.2) is 5.76 Å². The van der Waals surface area contributed by atoms with Crippen molar-refractivity contribution in [3.05, 3.63) is 64.9 Å². The maximum atomic E-state index is 13.5. The van der Waals surface area contributed by atoms with Crippen molar-refractivity contribution in [3.63, 3.8) is 0 Å². The molecule has 0 aromatic carbocycles. The van der Waals surface area contributed by atoms with E-state index in [1.54, 1.807) is 30.4 Å². The maximum absolute atomic E-state index is 13.5. The summed E-state index contributed by atoms with van der Waals surface area (Å²) in [6.07, 6.45) is 9.39. The first-order valence-corrected chi connectivity index (χ1v) is 13.6. The van der Waals surface area contributed by atoms with Gasteiger partial charge in [-0.2, -0.15) is 18.3 Å². The minimum absolute atomic E-state index is 0.0309. The Balaban J connectivity index is 1.39. The number of fused-ring (bicyclic) bond motifs is 3. The summed E-state index contributed by atoms with van der Waals surface area (Å²) >= 11 is -0.224. The number of thioether (sulfide) groups is 1. The first-order chi connectivity index (χ1) is 19.0. The summed E-state index contributed by atoms with van der Waals surface area (Å²) < 4.78 is 47.4. The first kappa shape index (κ1) is 27.8. The number of pyridine rings is 1. The number of alkyl halides is 3. The van der Waals surface area contributed by atoms with Gasteiger partial charge < -0.3 is 26.4 Å². The van der Waals surface area contributed by atoms with Gasteiger partial charge in [-0.1, -0.05) is 12.0 Å². The molecule has 4 aliphatic rings. The SMILES string of the molecule is CNC(=O)C1=CC(OC)=C=C(NCC#Cc2nn3c(NC45CCCC(N)(C4)C5)cccc3c2SC(F)(F)F)C=C1.